The first-order chi connectivity index (χ1) is 18.1. The van der Waals surface area contributed by atoms with Crippen molar-refractivity contribution in [3.63, 3.8) is 0 Å². The Morgan fingerprint density at radius 2 is 1.69 bits per heavy atom. The summed E-state index contributed by atoms with van der Waals surface area (Å²) in [4.78, 5) is 54.6. The van der Waals surface area contributed by atoms with Crippen LogP contribution in [-0.2, 0) is 19.2 Å². The smallest absolute Gasteiger partial charge is 0.203 e. The van der Waals surface area contributed by atoms with Gasteiger partial charge in [-0.1, -0.05) is 46.8 Å². The number of allylic oxidation sites excluding steroid dienone is 1. The van der Waals surface area contributed by atoms with Crippen molar-refractivity contribution in [2.75, 3.05) is 0 Å². The Kier molecular flexibility index (Phi) is 5.86. The number of carbonyl (C=O) groups is 4. The average Bonchev–Trinajstić information content (AvgIpc) is 3.68. The van der Waals surface area contributed by atoms with Gasteiger partial charge in [-0.05, 0) is 49.1 Å². The van der Waals surface area contributed by atoms with Gasteiger partial charge in [-0.25, -0.2) is 0 Å². The molecular formula is C31H36O8. The van der Waals surface area contributed by atoms with E-state index in [1.165, 1.54) is 6.07 Å². The lowest BCUT2D eigenvalue weighted by molar-refractivity contribution is -0.199. The molecule has 2 saturated carbocycles. The van der Waals surface area contributed by atoms with E-state index in [1.54, 1.807) is 39.8 Å². The molecule has 0 aliphatic heterocycles. The second-order valence-corrected chi connectivity index (χ2v) is 12.7. The lowest BCUT2D eigenvalue weighted by atomic mass is 9.37. The van der Waals surface area contributed by atoms with Gasteiger partial charge < -0.3 is 20.4 Å². The predicted octanol–water partition coefficient (Wildman–Crippen LogP) is 4.35. The minimum atomic E-state index is -2.77. The van der Waals surface area contributed by atoms with Gasteiger partial charge in [-0.3, -0.25) is 19.2 Å². The highest BCUT2D eigenvalue weighted by Crippen LogP contribution is 2.71. The van der Waals surface area contributed by atoms with Crippen LogP contribution in [0.2, 0.25) is 0 Å². The topological polar surface area (TPSA) is 149 Å². The van der Waals surface area contributed by atoms with Crippen molar-refractivity contribution < 1.29 is 39.6 Å². The van der Waals surface area contributed by atoms with E-state index in [0.29, 0.717) is 5.56 Å². The maximum atomic E-state index is 14.6. The molecule has 1 aromatic carbocycles. The molecule has 0 spiro atoms. The van der Waals surface area contributed by atoms with E-state index in [-0.39, 0.29) is 35.0 Å². The van der Waals surface area contributed by atoms with Gasteiger partial charge in [0.1, 0.15) is 28.6 Å². The molecule has 208 valence electrons. The Labute approximate surface area is 227 Å². The van der Waals surface area contributed by atoms with Crippen LogP contribution in [0, 0.1) is 34.5 Å². The number of ketones is 4. The number of hydrogen-bond donors (Lipinski definition) is 4. The van der Waals surface area contributed by atoms with Crippen LogP contribution in [0.4, 0.5) is 0 Å². The van der Waals surface area contributed by atoms with Crippen molar-refractivity contribution in [3.8, 4) is 5.75 Å². The highest BCUT2D eigenvalue weighted by atomic mass is 16.3. The van der Waals surface area contributed by atoms with Crippen molar-refractivity contribution in [2.45, 2.75) is 72.3 Å². The predicted molar refractivity (Wildman–Crippen MR) is 142 cm³/mol. The molecule has 0 amide bonds. The van der Waals surface area contributed by atoms with Crippen molar-refractivity contribution in [1.82, 2.24) is 0 Å². The number of phenolic OH excluding ortho intramolecular Hbond substituents is 1. The molecule has 6 atom stereocenters. The molecule has 5 rings (SSSR count). The van der Waals surface area contributed by atoms with Gasteiger partial charge in [0.25, 0.3) is 0 Å². The number of Topliss-reactive ketones (excluding diaryl/α,β-unsaturated/α-hetero) is 4. The largest absolute Gasteiger partial charge is 0.508 e. The van der Waals surface area contributed by atoms with Crippen molar-refractivity contribution in [3.05, 3.63) is 46.2 Å². The third-order valence-electron chi connectivity index (χ3n) is 10.4. The van der Waals surface area contributed by atoms with Gasteiger partial charge in [0, 0.05) is 34.7 Å². The number of fused-ring (bicyclic) bond motifs is 3. The van der Waals surface area contributed by atoms with Crippen LogP contribution in [0.15, 0.2) is 35.1 Å². The Morgan fingerprint density at radius 3 is 2.23 bits per heavy atom. The molecule has 0 bridgehead atoms. The monoisotopic (exact) mass is 536 g/mol. The molecular weight excluding hydrogens is 500 g/mol. The molecule has 1 aromatic rings. The number of hydrogen-bond acceptors (Lipinski definition) is 8. The first-order valence-electron chi connectivity index (χ1n) is 13.6. The first kappa shape index (κ1) is 27.3. The summed E-state index contributed by atoms with van der Waals surface area (Å²) in [6.45, 7) is 9.75. The van der Waals surface area contributed by atoms with Crippen LogP contribution >= 0.6 is 0 Å². The van der Waals surface area contributed by atoms with Gasteiger partial charge in [0.05, 0.1) is 5.56 Å². The zero-order chi connectivity index (χ0) is 29.0. The maximum Gasteiger partial charge on any atom is 0.203 e. The fourth-order valence-corrected chi connectivity index (χ4v) is 8.29. The van der Waals surface area contributed by atoms with Crippen LogP contribution in [0.1, 0.15) is 77.8 Å². The summed E-state index contributed by atoms with van der Waals surface area (Å²) in [6.07, 6.45) is 1.37. The summed E-state index contributed by atoms with van der Waals surface area (Å²) in [6, 6.07) is 4.75. The molecule has 4 aliphatic carbocycles. The van der Waals surface area contributed by atoms with Gasteiger partial charge in [0.2, 0.25) is 5.78 Å². The molecule has 1 unspecified atom stereocenters. The zero-order valence-electron chi connectivity index (χ0n) is 23.2. The molecule has 2 fully saturated rings. The summed E-state index contributed by atoms with van der Waals surface area (Å²) >= 11 is 0. The molecule has 4 N–H and O–H groups in total. The van der Waals surface area contributed by atoms with E-state index in [2.05, 4.69) is 0 Å². The van der Waals surface area contributed by atoms with Gasteiger partial charge in [-0.15, -0.1) is 0 Å². The second-order valence-electron chi connectivity index (χ2n) is 12.7. The van der Waals surface area contributed by atoms with Crippen LogP contribution in [0.25, 0.3) is 5.76 Å². The number of aromatic hydroxyl groups is 1. The Morgan fingerprint density at radius 1 is 1.08 bits per heavy atom. The lowest BCUT2D eigenvalue weighted by Crippen LogP contribution is -2.73. The minimum absolute atomic E-state index is 0.0489. The van der Waals surface area contributed by atoms with Gasteiger partial charge in [0.15, 0.2) is 17.2 Å². The van der Waals surface area contributed by atoms with Crippen LogP contribution in [0.3, 0.4) is 0 Å². The van der Waals surface area contributed by atoms with E-state index < -0.39 is 74.5 Å². The summed E-state index contributed by atoms with van der Waals surface area (Å²) in [7, 11) is 0. The van der Waals surface area contributed by atoms with Crippen LogP contribution < -0.4 is 0 Å². The van der Waals surface area contributed by atoms with E-state index >= 15 is 0 Å². The van der Waals surface area contributed by atoms with E-state index in [4.69, 9.17) is 0 Å². The molecule has 39 heavy (non-hydrogen) atoms. The highest BCUT2D eigenvalue weighted by molar-refractivity contribution is 6.24. The second kappa shape index (κ2) is 8.37. The SMILES string of the molecule is CC(=O)C1=C(O)[C@]2(O)C(=O)C3=C(O)c4c(O)cccc4[C@@H](C)[C@]3(C)[C@@H](CC(=O)C3CC3)[C@]2(C)C(C(C)C)C1=O. The normalized spacial score (nSPS) is 36.1. The molecule has 0 heterocycles. The first-order valence-corrected chi connectivity index (χ1v) is 13.6. The summed E-state index contributed by atoms with van der Waals surface area (Å²) in [5.41, 5.74) is -5.98. The van der Waals surface area contributed by atoms with E-state index in [1.807, 2.05) is 6.92 Å². The van der Waals surface area contributed by atoms with Crippen LogP contribution in [0.5, 0.6) is 5.75 Å². The number of phenols is 1. The summed E-state index contributed by atoms with van der Waals surface area (Å²) in [5.74, 6) is -7.53. The molecule has 0 aromatic heterocycles. The Bertz CT molecular complexity index is 1410. The van der Waals surface area contributed by atoms with E-state index in [0.717, 1.165) is 19.8 Å². The molecule has 0 radical (unpaired) electrons. The minimum Gasteiger partial charge on any atom is -0.508 e. The number of aliphatic hydroxyl groups excluding tert-OH is 2. The number of aliphatic hydroxyl groups is 3. The zero-order valence-corrected chi connectivity index (χ0v) is 23.2. The number of rotatable bonds is 5. The van der Waals surface area contributed by atoms with Gasteiger partial charge >= 0.3 is 0 Å². The standard InChI is InChI=1S/C31H36O8/c1-13(2)23-25(35)21(15(4)32)27(37)31(39)28(38)24-26(36)22-17(8-7-9-18(22)33)14(3)29(24,5)20(30(23,31)6)12-19(34)16-10-11-16/h7-9,13-14,16,20,23,33,36-37,39H,10-12H2,1-6H3/t14-,20-,23?,29-,30-,31+/m1/s1. The Balaban J connectivity index is 1.93. The Hall–Kier alpha value is -3.26. The maximum absolute atomic E-state index is 14.6. The van der Waals surface area contributed by atoms with Crippen molar-refractivity contribution >= 4 is 28.9 Å². The van der Waals surface area contributed by atoms with Crippen molar-refractivity contribution in [2.24, 2.45) is 34.5 Å². The van der Waals surface area contributed by atoms with Crippen molar-refractivity contribution in [1.29, 1.82) is 0 Å². The fourth-order valence-electron chi connectivity index (χ4n) is 8.29. The third-order valence-corrected chi connectivity index (χ3v) is 10.4. The quantitative estimate of drug-likeness (QED) is 0.406. The third kappa shape index (κ3) is 3.15. The summed E-state index contributed by atoms with van der Waals surface area (Å²) < 4.78 is 0. The molecule has 0 saturated heterocycles. The highest BCUT2D eigenvalue weighted by Gasteiger charge is 2.77. The van der Waals surface area contributed by atoms with Gasteiger partial charge in [-0.2, -0.15) is 0 Å². The fraction of sp³-hybridized carbons (Fsp3) is 0.548. The lowest BCUT2D eigenvalue weighted by Gasteiger charge is -2.65. The molecule has 4 aliphatic rings. The molecule has 8 nitrogen and oxygen atoms in total. The summed E-state index contributed by atoms with van der Waals surface area (Å²) in [5, 5.41) is 46.3. The number of benzene rings is 1. The average molecular weight is 537 g/mol. The molecule has 8 heteroatoms. The van der Waals surface area contributed by atoms with Crippen LogP contribution in [-0.4, -0.2) is 49.2 Å². The number of carbonyl (C=O) groups excluding carboxylic acids is 4. The van der Waals surface area contributed by atoms with E-state index in [9.17, 15) is 39.6 Å².